The van der Waals surface area contributed by atoms with Gasteiger partial charge in [0.05, 0.1) is 0 Å². The first-order valence-electron chi connectivity index (χ1n) is 9.95. The molecule has 1 amide bonds. The number of ether oxygens (including phenoxy) is 1. The summed E-state index contributed by atoms with van der Waals surface area (Å²) >= 11 is 0. The number of amides is 1. The van der Waals surface area contributed by atoms with Gasteiger partial charge in [-0.3, -0.25) is 0 Å². The standard InChI is InChI=1S/C23H28N2O2/c1-24-13-10-20(11-14-24)21-9-5-8-19-12-15-25(16-22(19)21)23(26)27-17-18-6-3-2-4-7-18/h2-9,20H,10-17H2,1H3. The molecule has 2 aromatic rings. The summed E-state index contributed by atoms with van der Waals surface area (Å²) in [4.78, 5) is 16.9. The third kappa shape index (κ3) is 4.16. The van der Waals surface area contributed by atoms with E-state index < -0.39 is 0 Å². The third-order valence-electron chi connectivity index (χ3n) is 5.93. The van der Waals surface area contributed by atoms with Crippen LogP contribution in [0.5, 0.6) is 0 Å². The molecule has 0 unspecified atom stereocenters. The molecule has 0 atom stereocenters. The number of nitrogens with zero attached hydrogens (tertiary/aromatic N) is 2. The van der Waals surface area contributed by atoms with Gasteiger partial charge in [0.15, 0.2) is 0 Å². The Bertz CT molecular complexity index is 782. The maximum atomic E-state index is 12.6. The van der Waals surface area contributed by atoms with Gasteiger partial charge in [0.25, 0.3) is 0 Å². The molecule has 0 bridgehead atoms. The van der Waals surface area contributed by atoms with Gasteiger partial charge in [-0.15, -0.1) is 0 Å². The van der Waals surface area contributed by atoms with E-state index in [2.05, 4.69) is 30.1 Å². The molecule has 142 valence electrons. The first kappa shape index (κ1) is 18.1. The third-order valence-corrected chi connectivity index (χ3v) is 5.93. The number of carbonyl (C=O) groups is 1. The van der Waals surface area contributed by atoms with E-state index in [0.29, 0.717) is 19.1 Å². The molecular weight excluding hydrogens is 336 g/mol. The van der Waals surface area contributed by atoms with E-state index in [1.54, 1.807) is 0 Å². The molecule has 4 nitrogen and oxygen atoms in total. The summed E-state index contributed by atoms with van der Waals surface area (Å²) in [6.45, 7) is 4.04. The van der Waals surface area contributed by atoms with Crippen LogP contribution in [-0.4, -0.2) is 42.6 Å². The molecule has 0 aromatic heterocycles. The number of carbonyl (C=O) groups excluding carboxylic acids is 1. The average Bonchev–Trinajstić information content (AvgIpc) is 2.72. The van der Waals surface area contributed by atoms with Crippen molar-refractivity contribution in [1.82, 2.24) is 9.80 Å². The lowest BCUT2D eigenvalue weighted by Gasteiger charge is -2.34. The Balaban J connectivity index is 1.44. The smallest absolute Gasteiger partial charge is 0.410 e. The Kier molecular flexibility index (Phi) is 5.44. The highest BCUT2D eigenvalue weighted by atomic mass is 16.6. The van der Waals surface area contributed by atoms with Gasteiger partial charge >= 0.3 is 6.09 Å². The predicted molar refractivity (Wildman–Crippen MR) is 107 cm³/mol. The zero-order valence-electron chi connectivity index (χ0n) is 16.1. The maximum Gasteiger partial charge on any atom is 0.410 e. The van der Waals surface area contributed by atoms with Crippen molar-refractivity contribution >= 4 is 6.09 Å². The van der Waals surface area contributed by atoms with E-state index in [1.807, 2.05) is 35.2 Å². The summed E-state index contributed by atoms with van der Waals surface area (Å²) in [7, 11) is 2.20. The summed E-state index contributed by atoms with van der Waals surface area (Å²) in [6, 6.07) is 16.6. The summed E-state index contributed by atoms with van der Waals surface area (Å²) in [5.74, 6) is 0.608. The van der Waals surface area contributed by atoms with Gasteiger partial charge in [-0.25, -0.2) is 4.79 Å². The molecule has 4 heteroatoms. The van der Waals surface area contributed by atoms with Crippen LogP contribution in [0, 0.1) is 0 Å². The molecule has 2 aliphatic heterocycles. The molecule has 2 aliphatic rings. The van der Waals surface area contributed by atoms with Crippen LogP contribution in [0.25, 0.3) is 0 Å². The number of likely N-dealkylation sites (tertiary alicyclic amines) is 1. The van der Waals surface area contributed by atoms with Crippen LogP contribution in [0.4, 0.5) is 4.79 Å². The second kappa shape index (κ2) is 8.13. The summed E-state index contributed by atoms with van der Waals surface area (Å²) < 4.78 is 5.56. The maximum absolute atomic E-state index is 12.6. The van der Waals surface area contributed by atoms with Crippen LogP contribution in [0.3, 0.4) is 0 Å². The van der Waals surface area contributed by atoms with Crippen LogP contribution < -0.4 is 0 Å². The van der Waals surface area contributed by atoms with Crippen molar-refractivity contribution in [2.75, 3.05) is 26.7 Å². The lowest BCUT2D eigenvalue weighted by Crippen LogP contribution is -2.37. The minimum absolute atomic E-state index is 0.206. The average molecular weight is 364 g/mol. The van der Waals surface area contributed by atoms with Crippen molar-refractivity contribution in [3.8, 4) is 0 Å². The van der Waals surface area contributed by atoms with Crippen molar-refractivity contribution in [3.05, 3.63) is 70.8 Å². The SMILES string of the molecule is CN1CCC(c2cccc3c2CN(C(=O)OCc2ccccc2)CC3)CC1. The molecule has 1 saturated heterocycles. The molecule has 0 spiro atoms. The molecule has 0 aliphatic carbocycles. The predicted octanol–water partition coefficient (Wildman–Crippen LogP) is 4.19. The van der Waals surface area contributed by atoms with Crippen molar-refractivity contribution in [3.63, 3.8) is 0 Å². The molecule has 0 saturated carbocycles. The molecule has 4 rings (SSSR count). The quantitative estimate of drug-likeness (QED) is 0.819. The zero-order chi connectivity index (χ0) is 18.6. The fourth-order valence-corrected chi connectivity index (χ4v) is 4.28. The zero-order valence-corrected chi connectivity index (χ0v) is 16.1. The number of rotatable bonds is 3. The summed E-state index contributed by atoms with van der Waals surface area (Å²) in [5, 5.41) is 0. The van der Waals surface area contributed by atoms with Crippen molar-refractivity contribution in [2.45, 2.75) is 38.3 Å². The number of fused-ring (bicyclic) bond motifs is 1. The second-order valence-corrected chi connectivity index (χ2v) is 7.77. The van der Waals surface area contributed by atoms with Crippen LogP contribution in [0.15, 0.2) is 48.5 Å². The molecule has 0 radical (unpaired) electrons. The number of piperidine rings is 1. The minimum Gasteiger partial charge on any atom is -0.445 e. The largest absolute Gasteiger partial charge is 0.445 e. The number of hydrogen-bond donors (Lipinski definition) is 0. The van der Waals surface area contributed by atoms with Crippen molar-refractivity contribution < 1.29 is 9.53 Å². The molecule has 2 aromatic carbocycles. The van der Waals surface area contributed by atoms with Crippen LogP contribution in [0.2, 0.25) is 0 Å². The minimum atomic E-state index is -0.206. The first-order valence-corrected chi connectivity index (χ1v) is 9.95. The van der Waals surface area contributed by atoms with Gasteiger partial charge in [0, 0.05) is 13.1 Å². The normalized spacial score (nSPS) is 18.2. The fraction of sp³-hybridized carbons (Fsp3) is 0.435. The van der Waals surface area contributed by atoms with Crippen molar-refractivity contribution in [1.29, 1.82) is 0 Å². The highest BCUT2D eigenvalue weighted by Crippen LogP contribution is 2.34. The monoisotopic (exact) mass is 364 g/mol. The van der Waals surface area contributed by atoms with E-state index in [9.17, 15) is 4.79 Å². The lowest BCUT2D eigenvalue weighted by atomic mass is 9.83. The van der Waals surface area contributed by atoms with Gasteiger partial charge in [0.2, 0.25) is 0 Å². The van der Waals surface area contributed by atoms with E-state index in [0.717, 1.165) is 31.6 Å². The van der Waals surface area contributed by atoms with Crippen LogP contribution >= 0.6 is 0 Å². The Morgan fingerprint density at radius 2 is 1.81 bits per heavy atom. The summed E-state index contributed by atoms with van der Waals surface area (Å²) in [5.41, 5.74) is 5.23. The Morgan fingerprint density at radius 1 is 1.04 bits per heavy atom. The van der Waals surface area contributed by atoms with E-state index in [4.69, 9.17) is 4.74 Å². The number of hydrogen-bond acceptors (Lipinski definition) is 3. The molecular formula is C23H28N2O2. The molecule has 2 heterocycles. The van der Waals surface area contributed by atoms with E-state index in [1.165, 1.54) is 29.5 Å². The van der Waals surface area contributed by atoms with Crippen LogP contribution in [-0.2, 0) is 24.3 Å². The van der Waals surface area contributed by atoms with Gasteiger partial charge in [-0.2, -0.15) is 0 Å². The Hall–Kier alpha value is -2.33. The van der Waals surface area contributed by atoms with E-state index >= 15 is 0 Å². The van der Waals surface area contributed by atoms with Gasteiger partial charge in [0.1, 0.15) is 6.61 Å². The van der Waals surface area contributed by atoms with Crippen molar-refractivity contribution in [2.24, 2.45) is 0 Å². The summed E-state index contributed by atoms with van der Waals surface area (Å²) in [6.07, 6.45) is 3.11. The molecule has 0 N–H and O–H groups in total. The number of benzene rings is 2. The van der Waals surface area contributed by atoms with Gasteiger partial charge in [-0.1, -0.05) is 48.5 Å². The van der Waals surface area contributed by atoms with Gasteiger partial charge < -0.3 is 14.5 Å². The molecule has 1 fully saturated rings. The molecule has 27 heavy (non-hydrogen) atoms. The van der Waals surface area contributed by atoms with Gasteiger partial charge in [-0.05, 0) is 67.6 Å². The lowest BCUT2D eigenvalue weighted by molar-refractivity contribution is 0.0916. The topological polar surface area (TPSA) is 32.8 Å². The highest BCUT2D eigenvalue weighted by molar-refractivity contribution is 5.68. The highest BCUT2D eigenvalue weighted by Gasteiger charge is 2.27. The Morgan fingerprint density at radius 3 is 2.59 bits per heavy atom. The van der Waals surface area contributed by atoms with Crippen LogP contribution in [0.1, 0.15) is 41.0 Å². The van der Waals surface area contributed by atoms with E-state index in [-0.39, 0.29) is 6.09 Å². The first-order chi connectivity index (χ1) is 13.2. The second-order valence-electron chi connectivity index (χ2n) is 7.77. The fourth-order valence-electron chi connectivity index (χ4n) is 4.28. The Labute approximate surface area is 161 Å².